The van der Waals surface area contributed by atoms with Crippen LogP contribution >= 0.6 is 0 Å². The van der Waals surface area contributed by atoms with Crippen LogP contribution in [0.2, 0.25) is 0 Å². The van der Waals surface area contributed by atoms with Gasteiger partial charge >= 0.3 is 5.97 Å². The molecular weight excluding hydrogens is 224 g/mol. The fraction of sp³-hybridized carbons (Fsp3) is 0.800. The van der Waals surface area contributed by atoms with Gasteiger partial charge in [0.1, 0.15) is 0 Å². The lowest BCUT2D eigenvalue weighted by Crippen LogP contribution is -2.23. The van der Waals surface area contributed by atoms with Crippen molar-refractivity contribution in [2.45, 2.75) is 32.7 Å². The van der Waals surface area contributed by atoms with E-state index in [0.29, 0.717) is 44.8 Å². The summed E-state index contributed by atoms with van der Waals surface area (Å²) in [6.07, 6.45) is 2.01. The first-order chi connectivity index (χ1) is 8.18. The van der Waals surface area contributed by atoms with Crippen LogP contribution in [-0.2, 0) is 22.5 Å². The van der Waals surface area contributed by atoms with Gasteiger partial charge in [-0.05, 0) is 30.2 Å². The molecule has 2 rings (SSSR count). The zero-order chi connectivity index (χ0) is 12.3. The van der Waals surface area contributed by atoms with Crippen molar-refractivity contribution in [1.29, 1.82) is 0 Å². The van der Waals surface area contributed by atoms with Crippen LogP contribution in [0.1, 0.15) is 25.6 Å². The molecule has 0 bridgehead atoms. The first kappa shape index (κ1) is 12.0. The SMILES string of the molecule is CCOCCc1nnnn1CC1(C(=O)O)CC1. The van der Waals surface area contributed by atoms with Gasteiger partial charge in [-0.15, -0.1) is 5.10 Å². The molecule has 0 aliphatic heterocycles. The van der Waals surface area contributed by atoms with Gasteiger partial charge in [-0.25, -0.2) is 4.68 Å². The largest absolute Gasteiger partial charge is 0.481 e. The molecule has 0 atom stereocenters. The highest BCUT2D eigenvalue weighted by Gasteiger charge is 2.51. The molecule has 1 aliphatic rings. The summed E-state index contributed by atoms with van der Waals surface area (Å²) in [6, 6.07) is 0. The van der Waals surface area contributed by atoms with Gasteiger partial charge in [0.05, 0.1) is 18.6 Å². The van der Waals surface area contributed by atoms with Crippen molar-refractivity contribution in [2.24, 2.45) is 5.41 Å². The highest BCUT2D eigenvalue weighted by Crippen LogP contribution is 2.47. The van der Waals surface area contributed by atoms with E-state index in [4.69, 9.17) is 9.84 Å². The fourth-order valence-corrected chi connectivity index (χ4v) is 1.71. The summed E-state index contributed by atoms with van der Waals surface area (Å²) in [4.78, 5) is 11.1. The molecule has 17 heavy (non-hydrogen) atoms. The molecule has 1 aliphatic carbocycles. The van der Waals surface area contributed by atoms with E-state index >= 15 is 0 Å². The number of aromatic nitrogens is 4. The number of hydrogen-bond acceptors (Lipinski definition) is 5. The normalized spacial score (nSPS) is 17.0. The summed E-state index contributed by atoms with van der Waals surface area (Å²) in [5, 5.41) is 20.4. The van der Waals surface area contributed by atoms with Crippen molar-refractivity contribution < 1.29 is 14.6 Å². The van der Waals surface area contributed by atoms with E-state index in [1.165, 1.54) is 0 Å². The van der Waals surface area contributed by atoms with E-state index in [1.807, 2.05) is 6.92 Å². The predicted octanol–water partition coefficient (Wildman–Crippen LogP) is 0.117. The topological polar surface area (TPSA) is 90.1 Å². The summed E-state index contributed by atoms with van der Waals surface area (Å²) in [5.74, 6) is -0.0743. The van der Waals surface area contributed by atoms with E-state index < -0.39 is 11.4 Å². The van der Waals surface area contributed by atoms with Crippen molar-refractivity contribution >= 4 is 5.97 Å². The molecule has 1 aromatic heterocycles. The van der Waals surface area contributed by atoms with Crippen LogP contribution < -0.4 is 0 Å². The standard InChI is InChI=1S/C10H16N4O3/c1-2-17-6-3-8-11-12-13-14(8)7-10(4-5-10)9(15)16/h2-7H2,1H3,(H,15,16). The summed E-state index contributed by atoms with van der Waals surface area (Å²) in [7, 11) is 0. The summed E-state index contributed by atoms with van der Waals surface area (Å²) in [5.41, 5.74) is -0.643. The minimum Gasteiger partial charge on any atom is -0.481 e. The fourth-order valence-electron chi connectivity index (χ4n) is 1.71. The third-order valence-corrected chi connectivity index (χ3v) is 3.04. The molecular formula is C10H16N4O3. The number of ether oxygens (including phenoxy) is 1. The summed E-state index contributed by atoms with van der Waals surface area (Å²) < 4.78 is 6.81. The van der Waals surface area contributed by atoms with Gasteiger partial charge in [-0.1, -0.05) is 0 Å². The Hall–Kier alpha value is -1.50. The molecule has 1 saturated carbocycles. The molecule has 1 fully saturated rings. The van der Waals surface area contributed by atoms with Crippen molar-refractivity contribution in [1.82, 2.24) is 20.2 Å². The van der Waals surface area contributed by atoms with E-state index in [2.05, 4.69) is 15.5 Å². The van der Waals surface area contributed by atoms with E-state index in [-0.39, 0.29) is 0 Å². The van der Waals surface area contributed by atoms with Crippen LogP contribution in [-0.4, -0.2) is 44.5 Å². The van der Waals surface area contributed by atoms with Crippen molar-refractivity contribution in [3.05, 3.63) is 5.82 Å². The van der Waals surface area contributed by atoms with Crippen molar-refractivity contribution in [3.8, 4) is 0 Å². The third kappa shape index (κ3) is 2.60. The van der Waals surface area contributed by atoms with Crippen molar-refractivity contribution in [3.63, 3.8) is 0 Å². The van der Waals surface area contributed by atoms with E-state index in [9.17, 15) is 4.79 Å². The molecule has 1 heterocycles. The highest BCUT2D eigenvalue weighted by molar-refractivity contribution is 5.77. The van der Waals surface area contributed by atoms with E-state index in [1.54, 1.807) is 4.68 Å². The van der Waals surface area contributed by atoms with Gasteiger partial charge in [0.25, 0.3) is 0 Å². The Morgan fingerprint density at radius 2 is 2.35 bits per heavy atom. The van der Waals surface area contributed by atoms with Gasteiger partial charge in [0.15, 0.2) is 5.82 Å². The summed E-state index contributed by atoms with van der Waals surface area (Å²) in [6.45, 7) is 3.49. The minimum atomic E-state index is -0.760. The maximum absolute atomic E-state index is 11.1. The number of rotatable bonds is 7. The van der Waals surface area contributed by atoms with Crippen LogP contribution in [0.15, 0.2) is 0 Å². The Kier molecular flexibility index (Phi) is 3.37. The lowest BCUT2D eigenvalue weighted by Gasteiger charge is -2.10. The molecule has 0 radical (unpaired) electrons. The second kappa shape index (κ2) is 4.79. The average Bonchev–Trinajstić information content (AvgIpc) is 2.95. The van der Waals surface area contributed by atoms with Gasteiger partial charge < -0.3 is 9.84 Å². The Morgan fingerprint density at radius 1 is 1.59 bits per heavy atom. The van der Waals surface area contributed by atoms with Crippen LogP contribution in [0, 0.1) is 5.41 Å². The first-order valence-electron chi connectivity index (χ1n) is 5.74. The lowest BCUT2D eigenvalue weighted by atomic mass is 10.1. The second-order valence-corrected chi connectivity index (χ2v) is 4.29. The summed E-state index contributed by atoms with van der Waals surface area (Å²) >= 11 is 0. The zero-order valence-corrected chi connectivity index (χ0v) is 9.80. The highest BCUT2D eigenvalue weighted by atomic mass is 16.5. The molecule has 0 unspecified atom stereocenters. The molecule has 94 valence electrons. The number of carboxylic acid groups (broad SMARTS) is 1. The van der Waals surface area contributed by atoms with Crippen LogP contribution in [0.25, 0.3) is 0 Å². The predicted molar refractivity (Wildman–Crippen MR) is 57.3 cm³/mol. The van der Waals surface area contributed by atoms with Crippen molar-refractivity contribution in [2.75, 3.05) is 13.2 Å². The monoisotopic (exact) mass is 240 g/mol. The molecule has 0 aromatic carbocycles. The van der Waals surface area contributed by atoms with Gasteiger partial charge in [0.2, 0.25) is 0 Å². The second-order valence-electron chi connectivity index (χ2n) is 4.29. The number of hydrogen-bond donors (Lipinski definition) is 1. The van der Waals surface area contributed by atoms with Gasteiger partial charge in [-0.2, -0.15) is 0 Å². The number of carbonyl (C=O) groups is 1. The quantitative estimate of drug-likeness (QED) is 0.681. The lowest BCUT2D eigenvalue weighted by molar-refractivity contribution is -0.144. The molecule has 0 saturated heterocycles. The minimum absolute atomic E-state index is 0.358. The number of aliphatic carboxylic acids is 1. The zero-order valence-electron chi connectivity index (χ0n) is 9.80. The van der Waals surface area contributed by atoms with Gasteiger partial charge in [-0.3, -0.25) is 4.79 Å². The smallest absolute Gasteiger partial charge is 0.311 e. The third-order valence-electron chi connectivity index (χ3n) is 3.04. The van der Waals surface area contributed by atoms with Crippen LogP contribution in [0.5, 0.6) is 0 Å². The maximum atomic E-state index is 11.1. The molecule has 0 amide bonds. The van der Waals surface area contributed by atoms with Crippen LogP contribution in [0.3, 0.4) is 0 Å². The Labute approximate surface area is 98.8 Å². The van der Waals surface area contributed by atoms with E-state index in [0.717, 1.165) is 0 Å². The maximum Gasteiger partial charge on any atom is 0.311 e. The Balaban J connectivity index is 1.97. The molecule has 7 nitrogen and oxygen atoms in total. The number of nitrogens with zero attached hydrogens (tertiary/aromatic N) is 4. The Morgan fingerprint density at radius 3 is 2.94 bits per heavy atom. The molecule has 1 aromatic rings. The molecule has 1 N–H and O–H groups in total. The first-order valence-corrected chi connectivity index (χ1v) is 5.74. The molecule has 0 spiro atoms. The van der Waals surface area contributed by atoms with Crippen LogP contribution in [0.4, 0.5) is 0 Å². The molecule has 7 heteroatoms. The number of tetrazole rings is 1. The Bertz CT molecular complexity index is 400. The number of carboxylic acids is 1. The average molecular weight is 240 g/mol. The van der Waals surface area contributed by atoms with Gasteiger partial charge in [0, 0.05) is 13.0 Å².